The number of aromatic nitrogens is 5. The van der Waals surface area contributed by atoms with Crippen molar-refractivity contribution in [1.29, 1.82) is 0 Å². The molecule has 3 amide bonds. The summed E-state index contributed by atoms with van der Waals surface area (Å²) in [5.41, 5.74) is 3.64. The third kappa shape index (κ3) is 8.82. The summed E-state index contributed by atoms with van der Waals surface area (Å²) in [6.07, 6.45) is 3.70. The highest BCUT2D eigenvalue weighted by Crippen LogP contribution is 2.36. The summed E-state index contributed by atoms with van der Waals surface area (Å²) in [5.74, 6) is 0.670. The van der Waals surface area contributed by atoms with E-state index in [1.807, 2.05) is 41.3 Å². The van der Waals surface area contributed by atoms with Crippen molar-refractivity contribution in [1.82, 2.24) is 40.5 Å². The molecule has 0 bridgehead atoms. The van der Waals surface area contributed by atoms with Crippen LogP contribution in [0.3, 0.4) is 0 Å². The van der Waals surface area contributed by atoms with Crippen molar-refractivity contribution in [2.24, 2.45) is 0 Å². The van der Waals surface area contributed by atoms with Crippen LogP contribution in [0.2, 0.25) is 0 Å². The Bertz CT molecular complexity index is 2030. The Morgan fingerprint density at radius 1 is 0.909 bits per heavy atom. The highest BCUT2D eigenvalue weighted by atomic mass is 35.5. The molecule has 8 N–H and O–H groups in total. The van der Waals surface area contributed by atoms with Gasteiger partial charge in [-0.1, -0.05) is 31.2 Å². The Labute approximate surface area is 323 Å². The zero-order chi connectivity index (χ0) is 37.8. The predicted molar refractivity (Wildman–Crippen MR) is 207 cm³/mol. The molecule has 2 aliphatic rings. The number of phenolic OH excluding ortho intramolecular Hbond substituents is 2. The van der Waals surface area contributed by atoms with E-state index in [4.69, 9.17) is 9.97 Å². The molecule has 1 saturated heterocycles. The number of benzene rings is 2. The van der Waals surface area contributed by atoms with Gasteiger partial charge in [-0.2, -0.15) is 9.97 Å². The van der Waals surface area contributed by atoms with E-state index >= 15 is 0 Å². The van der Waals surface area contributed by atoms with E-state index in [0.29, 0.717) is 55.5 Å². The normalized spacial score (nSPS) is 20.7. The molecule has 0 spiro atoms. The number of pyridine rings is 1. The number of nitrogens with one attached hydrogen (secondary N) is 4. The number of aliphatic hydroxyl groups is 2. The molecule has 4 heterocycles. The number of imidazole rings is 1. The summed E-state index contributed by atoms with van der Waals surface area (Å²) in [7, 11) is 0. The van der Waals surface area contributed by atoms with Crippen LogP contribution in [0.25, 0.3) is 11.2 Å². The molecule has 1 saturated carbocycles. The van der Waals surface area contributed by atoms with Crippen LogP contribution < -0.4 is 26.2 Å². The van der Waals surface area contributed by atoms with Crippen LogP contribution in [0, 0.1) is 0 Å². The van der Waals surface area contributed by atoms with Gasteiger partial charge in [0.2, 0.25) is 11.9 Å². The molecular weight excluding hydrogens is 728 g/mol. The van der Waals surface area contributed by atoms with E-state index in [1.165, 1.54) is 0 Å². The average Bonchev–Trinajstić information content (AvgIpc) is 3.90. The lowest BCUT2D eigenvalue weighted by Gasteiger charge is -2.22. The first-order valence-electron chi connectivity index (χ1n) is 18.1. The molecule has 1 aliphatic heterocycles. The Balaban J connectivity index is 0.00000514. The molecule has 0 unspecified atom stereocenters. The fourth-order valence-electron chi connectivity index (χ4n) is 7.17. The number of urea groups is 1. The Morgan fingerprint density at radius 2 is 1.58 bits per heavy atom. The number of aliphatic hydroxyl groups excluding tert-OH is 2. The number of rotatable bonds is 12. The number of carbonyl (C=O) groups is 2. The van der Waals surface area contributed by atoms with Crippen molar-refractivity contribution in [3.05, 3.63) is 96.1 Å². The van der Waals surface area contributed by atoms with Gasteiger partial charge in [0.15, 0.2) is 17.0 Å². The third-order valence-corrected chi connectivity index (χ3v) is 10.2. The van der Waals surface area contributed by atoms with Gasteiger partial charge >= 0.3 is 6.03 Å². The van der Waals surface area contributed by atoms with Gasteiger partial charge in [0.25, 0.3) is 0 Å². The molecule has 5 atom stereocenters. The molecule has 5 aromatic rings. The fraction of sp³-hybridized carbons (Fsp3) is 0.368. The molecule has 3 aromatic heterocycles. The van der Waals surface area contributed by atoms with E-state index in [1.54, 1.807) is 54.5 Å². The number of amides is 3. The molecular formula is C38H45ClN10O6. The fourth-order valence-corrected chi connectivity index (χ4v) is 7.17. The van der Waals surface area contributed by atoms with Crippen molar-refractivity contribution in [3.8, 4) is 11.5 Å². The summed E-state index contributed by atoms with van der Waals surface area (Å²) in [6.45, 7) is 3.45. The quantitative estimate of drug-likeness (QED) is 0.0917. The van der Waals surface area contributed by atoms with E-state index in [0.717, 1.165) is 16.7 Å². The van der Waals surface area contributed by atoms with Crippen LogP contribution >= 0.6 is 12.4 Å². The number of aromatic hydroxyl groups is 2. The molecule has 55 heavy (non-hydrogen) atoms. The molecule has 1 aliphatic carbocycles. The van der Waals surface area contributed by atoms with Gasteiger partial charge in [-0.25, -0.2) is 9.78 Å². The average molecular weight is 773 g/mol. The van der Waals surface area contributed by atoms with E-state index in [-0.39, 0.29) is 60.6 Å². The number of hydrogen-bond acceptors (Lipinski definition) is 12. The van der Waals surface area contributed by atoms with Crippen LogP contribution in [0.1, 0.15) is 54.8 Å². The second-order valence-electron chi connectivity index (χ2n) is 13.7. The lowest BCUT2D eigenvalue weighted by atomic mass is 9.91. The Hall–Kier alpha value is -5.71. The van der Waals surface area contributed by atoms with Gasteiger partial charge in [0.1, 0.15) is 23.7 Å². The molecule has 7 rings (SSSR count). The molecule has 2 fully saturated rings. The number of phenols is 2. The van der Waals surface area contributed by atoms with Gasteiger partial charge in [0.05, 0.1) is 18.4 Å². The lowest BCUT2D eigenvalue weighted by Crippen LogP contribution is -2.43. The van der Waals surface area contributed by atoms with E-state index < -0.39 is 24.3 Å². The minimum Gasteiger partial charge on any atom is -0.508 e. The van der Waals surface area contributed by atoms with E-state index in [2.05, 4.69) is 31.2 Å². The first-order valence-corrected chi connectivity index (χ1v) is 18.1. The molecule has 16 nitrogen and oxygen atoms in total. The lowest BCUT2D eigenvalue weighted by molar-refractivity contribution is -0.122. The summed E-state index contributed by atoms with van der Waals surface area (Å²) in [5, 5.41) is 54.3. The second-order valence-corrected chi connectivity index (χ2v) is 13.7. The smallest absolute Gasteiger partial charge is 0.315 e. The maximum atomic E-state index is 12.8. The van der Waals surface area contributed by atoms with Crippen molar-refractivity contribution >= 4 is 47.3 Å². The first-order chi connectivity index (χ1) is 26.2. The maximum absolute atomic E-state index is 12.8. The number of hydrogen-bond donors (Lipinski definition) is 8. The van der Waals surface area contributed by atoms with Crippen LogP contribution in [-0.4, -0.2) is 101 Å². The number of nitrogens with zero attached hydrogens (tertiary/aromatic N) is 6. The monoisotopic (exact) mass is 772 g/mol. The number of carbonyl (C=O) groups excluding carboxylic acids is 2. The topological polar surface area (TPSA) is 223 Å². The largest absolute Gasteiger partial charge is 0.508 e. The van der Waals surface area contributed by atoms with E-state index in [9.17, 15) is 30.0 Å². The van der Waals surface area contributed by atoms with Crippen molar-refractivity contribution < 1.29 is 30.0 Å². The number of fused-ring (bicyclic) bond motifs is 1. The van der Waals surface area contributed by atoms with Gasteiger partial charge in [0, 0.05) is 57.0 Å². The summed E-state index contributed by atoms with van der Waals surface area (Å²) in [6, 6.07) is 15.8. The summed E-state index contributed by atoms with van der Waals surface area (Å²) >= 11 is 0. The molecule has 0 radical (unpaired) electrons. The third-order valence-electron chi connectivity index (χ3n) is 10.2. The second kappa shape index (κ2) is 17.2. The predicted octanol–water partition coefficient (Wildman–Crippen LogP) is 2.94. The highest BCUT2D eigenvalue weighted by molar-refractivity contribution is 5.85. The van der Waals surface area contributed by atoms with Crippen molar-refractivity contribution in [2.45, 2.75) is 69.0 Å². The maximum Gasteiger partial charge on any atom is 0.315 e. The minimum atomic E-state index is -1.20. The summed E-state index contributed by atoms with van der Waals surface area (Å²) in [4.78, 5) is 45.5. The van der Waals surface area contributed by atoms with Crippen LogP contribution in [-0.2, 0) is 11.3 Å². The highest BCUT2D eigenvalue weighted by Gasteiger charge is 2.44. The van der Waals surface area contributed by atoms with Crippen LogP contribution in [0.15, 0.2) is 79.4 Å². The first kappa shape index (κ1) is 39.0. The zero-order valence-corrected chi connectivity index (χ0v) is 30.9. The Morgan fingerprint density at radius 3 is 2.24 bits per heavy atom. The van der Waals surface area contributed by atoms with Crippen molar-refractivity contribution in [3.63, 3.8) is 0 Å². The van der Waals surface area contributed by atoms with Gasteiger partial charge < -0.3 is 51.2 Å². The molecule has 17 heteroatoms. The van der Waals surface area contributed by atoms with Gasteiger partial charge in [-0.05, 0) is 65.9 Å². The summed E-state index contributed by atoms with van der Waals surface area (Å²) < 4.78 is 1.73. The van der Waals surface area contributed by atoms with Crippen molar-refractivity contribution in [2.75, 3.05) is 29.9 Å². The Kier molecular flexibility index (Phi) is 12.2. The number of anilines is 2. The van der Waals surface area contributed by atoms with Gasteiger partial charge in [-0.15, -0.1) is 12.4 Å². The number of halogens is 1. The molecule has 290 valence electrons. The minimum absolute atomic E-state index is 0. The van der Waals surface area contributed by atoms with Crippen LogP contribution in [0.4, 0.5) is 16.6 Å². The molecule has 2 aromatic carbocycles. The van der Waals surface area contributed by atoms with Crippen LogP contribution in [0.5, 0.6) is 11.5 Å². The zero-order valence-electron chi connectivity index (χ0n) is 30.1. The standard InChI is InChI=1S/C38H44N10O6.ClH/c1-2-31(51)44-29-17-30(34(53)33(29)52)48-21-42-32-35(40-19-28(23-3-7-26(49)8-4-23)24-5-9-27(50)10-6-24)45-37(46-36(32)48)47-16-13-25(20-47)43-38(54)41-18-22-11-14-39-15-12-22;/h3-12,14-15,21,25,28-30,33-34,49-50,52-53H,2,13,16-20H2,1H3,(H,44,51)(H,40,45,46)(H2,41,43,54);1H/t25-,29+,30-,33-,34+;/m1./s1. The SMILES string of the molecule is CCC(=O)N[C@H]1C[C@@H](n2cnc3c(NCC(c4ccc(O)cc4)c4ccc(O)cc4)nc(N4CC[C@@H](NC(=O)NCc5ccncc5)C4)nc32)[C@H](O)[C@@H]1O.Cl. The van der Waals surface area contributed by atoms with Gasteiger partial charge in [-0.3, -0.25) is 9.78 Å².